The van der Waals surface area contributed by atoms with Crippen molar-refractivity contribution in [3.8, 4) is 16.9 Å². The molecule has 1 nitrogen and oxygen atoms in total. The van der Waals surface area contributed by atoms with Crippen molar-refractivity contribution in [2.45, 2.75) is 0 Å². The smallest absolute Gasteiger partial charge is 0.123 e. The molecule has 0 aromatic heterocycles. The van der Waals surface area contributed by atoms with Crippen LogP contribution in [0.5, 0.6) is 5.75 Å². The molecular weight excluding hydrogens is 88.1 g/mol. The lowest BCUT2D eigenvalue weighted by atomic mass is 10.5. The molecule has 1 heteroatoms. The van der Waals surface area contributed by atoms with Crippen LogP contribution in [-0.4, -0.2) is 5.11 Å². The predicted octanol–water partition coefficient (Wildman–Crippen LogP) is 1.37. The second kappa shape index (κ2) is 0.668. The van der Waals surface area contributed by atoms with E-state index in [4.69, 9.17) is 5.11 Å². The van der Waals surface area contributed by atoms with Crippen LogP contribution < -0.4 is 0 Å². The summed E-state index contributed by atoms with van der Waals surface area (Å²) in [6, 6.07) is 5.57. The number of rotatable bonds is 0. The Balaban J connectivity index is 2.77. The summed E-state index contributed by atoms with van der Waals surface area (Å²) in [5.41, 5.74) is 2.22. The van der Waals surface area contributed by atoms with Crippen LogP contribution in [0.3, 0.4) is 0 Å². The average Bonchev–Trinajstić information content (AvgIpc) is 2.33. The maximum Gasteiger partial charge on any atom is 0.123 e. The SMILES string of the molecule is Oc1ccc2cc1-2. The Morgan fingerprint density at radius 1 is 1.29 bits per heavy atom. The summed E-state index contributed by atoms with van der Waals surface area (Å²) in [7, 11) is 0. The minimum atomic E-state index is 0.426. The summed E-state index contributed by atoms with van der Waals surface area (Å²) in [4.78, 5) is 0. The summed E-state index contributed by atoms with van der Waals surface area (Å²) < 4.78 is 0. The van der Waals surface area contributed by atoms with Gasteiger partial charge in [-0.15, -0.1) is 0 Å². The second-order valence-electron chi connectivity index (χ2n) is 1.73. The highest BCUT2D eigenvalue weighted by Crippen LogP contribution is 2.42. The van der Waals surface area contributed by atoms with Gasteiger partial charge in [0.05, 0.1) is 0 Å². The molecule has 0 spiro atoms. The average molecular weight is 92.1 g/mol. The van der Waals surface area contributed by atoms with Crippen LogP contribution in [0.15, 0.2) is 18.2 Å². The zero-order valence-corrected chi connectivity index (χ0v) is 3.68. The van der Waals surface area contributed by atoms with Crippen molar-refractivity contribution in [3.63, 3.8) is 0 Å². The van der Waals surface area contributed by atoms with Gasteiger partial charge in [-0.3, -0.25) is 0 Å². The van der Waals surface area contributed by atoms with Crippen molar-refractivity contribution < 1.29 is 5.11 Å². The fourth-order valence-corrected chi connectivity index (χ4v) is 0.738. The van der Waals surface area contributed by atoms with E-state index in [1.807, 2.05) is 12.1 Å². The molecule has 0 saturated heterocycles. The van der Waals surface area contributed by atoms with Crippen molar-refractivity contribution >= 4 is 0 Å². The van der Waals surface area contributed by atoms with E-state index in [2.05, 4.69) is 0 Å². The van der Waals surface area contributed by atoms with Gasteiger partial charge < -0.3 is 5.11 Å². The van der Waals surface area contributed by atoms with Crippen LogP contribution in [0.1, 0.15) is 0 Å². The largest absolute Gasteiger partial charge is 0.507 e. The number of hydrogen-bond donors (Lipinski definition) is 1. The molecule has 0 fully saturated rings. The fourth-order valence-electron chi connectivity index (χ4n) is 0.738. The van der Waals surface area contributed by atoms with Gasteiger partial charge in [0.15, 0.2) is 0 Å². The van der Waals surface area contributed by atoms with E-state index in [1.54, 1.807) is 6.07 Å². The molecule has 0 unspecified atom stereocenters. The Bertz CT molecular complexity index is 215. The van der Waals surface area contributed by atoms with Gasteiger partial charge in [-0.25, -0.2) is 0 Å². The molecule has 0 saturated carbocycles. The van der Waals surface area contributed by atoms with Gasteiger partial charge in [-0.1, -0.05) is 6.07 Å². The third kappa shape index (κ3) is 0.233. The Hall–Kier alpha value is -0.980. The van der Waals surface area contributed by atoms with Crippen molar-refractivity contribution in [2.24, 2.45) is 0 Å². The minimum absolute atomic E-state index is 0.426. The molecule has 2 aliphatic rings. The summed E-state index contributed by atoms with van der Waals surface area (Å²) >= 11 is 0. The topological polar surface area (TPSA) is 20.2 Å². The molecule has 0 amide bonds. The monoisotopic (exact) mass is 92.0 g/mol. The Labute approximate surface area is 41.2 Å². The molecule has 2 rings (SSSR count). The Kier molecular flexibility index (Phi) is 0.294. The highest BCUT2D eigenvalue weighted by atomic mass is 16.3. The third-order valence-corrected chi connectivity index (χ3v) is 1.22. The molecule has 2 aliphatic carbocycles. The van der Waals surface area contributed by atoms with E-state index in [9.17, 15) is 0 Å². The van der Waals surface area contributed by atoms with Crippen molar-refractivity contribution in [1.82, 2.24) is 0 Å². The van der Waals surface area contributed by atoms with E-state index in [0.717, 1.165) is 5.56 Å². The minimum Gasteiger partial charge on any atom is -0.507 e. The van der Waals surface area contributed by atoms with Gasteiger partial charge >= 0.3 is 0 Å². The lowest BCUT2D eigenvalue weighted by molar-refractivity contribution is 0.480. The highest BCUT2D eigenvalue weighted by molar-refractivity contribution is 5.86. The maximum absolute atomic E-state index is 8.78. The normalized spacial score (nSPS) is 11.4. The fraction of sp³-hybridized carbons (Fsp3) is 0. The lowest BCUT2D eigenvalue weighted by Gasteiger charge is -1.72. The molecule has 7 heavy (non-hydrogen) atoms. The van der Waals surface area contributed by atoms with Crippen molar-refractivity contribution in [3.05, 3.63) is 18.2 Å². The molecule has 0 atom stereocenters. The molecule has 0 aromatic rings. The Morgan fingerprint density at radius 2 is 2.14 bits per heavy atom. The van der Waals surface area contributed by atoms with Gasteiger partial charge in [-0.2, -0.15) is 0 Å². The molecule has 0 aliphatic heterocycles. The number of phenols is 1. The number of fused-ring (bicyclic) bond motifs is 1. The first-order valence-electron chi connectivity index (χ1n) is 2.21. The zero-order chi connectivity index (χ0) is 4.85. The molecule has 0 radical (unpaired) electrons. The third-order valence-electron chi connectivity index (χ3n) is 1.22. The summed E-state index contributed by atoms with van der Waals surface area (Å²) in [6.45, 7) is 0. The van der Waals surface area contributed by atoms with Gasteiger partial charge in [0.25, 0.3) is 0 Å². The van der Waals surface area contributed by atoms with Gasteiger partial charge in [0, 0.05) is 5.56 Å². The Morgan fingerprint density at radius 3 is 2.29 bits per heavy atom. The molecule has 34 valence electrons. The molecule has 1 N–H and O–H groups in total. The van der Waals surface area contributed by atoms with Crippen LogP contribution in [0, 0.1) is 0 Å². The zero-order valence-electron chi connectivity index (χ0n) is 3.68. The summed E-state index contributed by atoms with van der Waals surface area (Å²) in [5, 5.41) is 8.78. The van der Waals surface area contributed by atoms with E-state index >= 15 is 0 Å². The predicted molar refractivity (Wildman–Crippen MR) is 27.1 cm³/mol. The number of aromatic hydroxyl groups is 1. The maximum atomic E-state index is 8.78. The van der Waals surface area contributed by atoms with E-state index in [-0.39, 0.29) is 0 Å². The van der Waals surface area contributed by atoms with Gasteiger partial charge in [0.2, 0.25) is 0 Å². The summed E-state index contributed by atoms with van der Waals surface area (Å²) in [5.74, 6) is 0.426. The van der Waals surface area contributed by atoms with Crippen LogP contribution in [-0.2, 0) is 0 Å². The first-order valence-corrected chi connectivity index (χ1v) is 2.21. The van der Waals surface area contributed by atoms with Crippen LogP contribution in [0.4, 0.5) is 0 Å². The number of benzene rings is 1. The quantitative estimate of drug-likeness (QED) is 0.520. The molecular formula is C6H4O. The summed E-state index contributed by atoms with van der Waals surface area (Å²) in [6.07, 6.45) is 0. The lowest BCUT2D eigenvalue weighted by Crippen LogP contribution is -1.43. The number of hydrogen-bond acceptors (Lipinski definition) is 1. The molecule has 0 bridgehead atoms. The first-order chi connectivity index (χ1) is 3.38. The first kappa shape index (κ1) is 3.08. The van der Waals surface area contributed by atoms with Gasteiger partial charge in [0.1, 0.15) is 5.75 Å². The second-order valence-corrected chi connectivity index (χ2v) is 1.73. The number of phenolic OH excluding ortho intramolecular Hbond substituents is 1. The highest BCUT2D eigenvalue weighted by Gasteiger charge is 2.15. The molecule has 0 aromatic carbocycles. The van der Waals surface area contributed by atoms with E-state index in [1.165, 1.54) is 5.56 Å². The van der Waals surface area contributed by atoms with Crippen LogP contribution in [0.25, 0.3) is 11.1 Å². The van der Waals surface area contributed by atoms with Crippen LogP contribution >= 0.6 is 0 Å². The van der Waals surface area contributed by atoms with Crippen molar-refractivity contribution in [1.29, 1.82) is 0 Å². The van der Waals surface area contributed by atoms with E-state index in [0.29, 0.717) is 5.75 Å². The van der Waals surface area contributed by atoms with E-state index < -0.39 is 0 Å². The van der Waals surface area contributed by atoms with Crippen LogP contribution in [0.2, 0.25) is 0 Å². The standard InChI is InChI=1S/C6H4O/c7-6-2-1-4-3-5(4)6/h1-3,7H. The van der Waals surface area contributed by atoms with Gasteiger partial charge in [-0.05, 0) is 17.7 Å². The van der Waals surface area contributed by atoms with Crippen molar-refractivity contribution in [2.75, 3.05) is 0 Å². The molecule has 0 heterocycles.